The Morgan fingerprint density at radius 1 is 1.17 bits per heavy atom. The molecule has 0 saturated carbocycles. The zero-order valence-corrected chi connectivity index (χ0v) is 14.3. The summed E-state index contributed by atoms with van der Waals surface area (Å²) in [6.07, 6.45) is 0.361. The number of hydrogen-bond donors (Lipinski definition) is 1. The number of aromatic nitrogens is 4. The van der Waals surface area contributed by atoms with Gasteiger partial charge in [0.15, 0.2) is 0 Å². The van der Waals surface area contributed by atoms with Crippen LogP contribution in [0.2, 0.25) is 0 Å². The van der Waals surface area contributed by atoms with E-state index in [4.69, 9.17) is 9.15 Å². The second-order valence-corrected chi connectivity index (χ2v) is 5.69. The number of nitrogens with zero attached hydrogens (tertiary/aromatic N) is 4. The average Bonchev–Trinajstić information content (AvgIpc) is 3.36. The molecule has 0 aliphatic heterocycles. The fourth-order valence-corrected chi connectivity index (χ4v) is 2.39. The highest BCUT2D eigenvalue weighted by molar-refractivity contribution is 5.85. The predicted octanol–water partition coefficient (Wildman–Crippen LogP) is 4.04. The van der Waals surface area contributed by atoms with Crippen LogP contribution in [0.1, 0.15) is 11.5 Å². The SMILES string of the molecule is O=C(Nc1ccc(-c2noc(C(F)(F)F)n2)nc1)OCc1cncc2ccoc12. The Balaban J connectivity index is 1.38. The van der Waals surface area contributed by atoms with Crippen LogP contribution >= 0.6 is 0 Å². The lowest BCUT2D eigenvalue weighted by Crippen LogP contribution is -2.13. The molecule has 12 heteroatoms. The van der Waals surface area contributed by atoms with Crippen LogP contribution in [0.3, 0.4) is 0 Å². The monoisotopic (exact) mass is 405 g/mol. The number of fused-ring (bicyclic) bond motifs is 1. The lowest BCUT2D eigenvalue weighted by Gasteiger charge is -2.07. The first-order chi connectivity index (χ1) is 13.9. The first kappa shape index (κ1) is 18.4. The van der Waals surface area contributed by atoms with Crippen molar-refractivity contribution >= 4 is 22.7 Å². The maximum Gasteiger partial charge on any atom is 0.471 e. The van der Waals surface area contributed by atoms with Gasteiger partial charge in [-0.15, -0.1) is 0 Å². The van der Waals surface area contributed by atoms with Crippen molar-refractivity contribution in [3.8, 4) is 11.5 Å². The molecule has 9 nitrogen and oxygen atoms in total. The number of furan rings is 1. The minimum atomic E-state index is -4.74. The summed E-state index contributed by atoms with van der Waals surface area (Å²) in [5, 5.41) is 6.45. The number of hydrogen-bond acceptors (Lipinski definition) is 8. The van der Waals surface area contributed by atoms with Gasteiger partial charge >= 0.3 is 18.2 Å². The molecule has 0 unspecified atom stereocenters. The smallest absolute Gasteiger partial charge is 0.464 e. The standard InChI is InChI=1S/C17H10F3N5O4/c18-17(19,20)15-24-14(25-29-15)12-2-1-11(7-22-12)23-16(26)28-8-10-6-21-5-9-3-4-27-13(9)10/h1-7H,8H2,(H,23,26). The molecule has 29 heavy (non-hydrogen) atoms. The first-order valence-corrected chi connectivity index (χ1v) is 8.01. The van der Waals surface area contributed by atoms with Crippen molar-refractivity contribution in [2.75, 3.05) is 5.32 Å². The second-order valence-electron chi connectivity index (χ2n) is 5.69. The van der Waals surface area contributed by atoms with Crippen molar-refractivity contribution in [3.63, 3.8) is 0 Å². The topological polar surface area (TPSA) is 116 Å². The summed E-state index contributed by atoms with van der Waals surface area (Å²) in [7, 11) is 0. The molecule has 1 N–H and O–H groups in total. The van der Waals surface area contributed by atoms with E-state index in [1.54, 1.807) is 12.3 Å². The number of nitrogens with one attached hydrogen (secondary N) is 1. The maximum atomic E-state index is 12.5. The molecule has 1 amide bonds. The Morgan fingerprint density at radius 2 is 2.03 bits per heavy atom. The molecule has 0 radical (unpaired) electrons. The van der Waals surface area contributed by atoms with Crippen molar-refractivity contribution < 1.29 is 31.6 Å². The number of carbonyl (C=O) groups excluding carboxylic acids is 1. The number of rotatable bonds is 4. The van der Waals surface area contributed by atoms with E-state index in [-0.39, 0.29) is 23.8 Å². The van der Waals surface area contributed by atoms with E-state index in [9.17, 15) is 18.0 Å². The van der Waals surface area contributed by atoms with Crippen molar-refractivity contribution in [3.05, 3.63) is 54.5 Å². The summed E-state index contributed by atoms with van der Waals surface area (Å²) in [5.41, 5.74) is 1.46. The number of ether oxygens (including phenoxy) is 1. The van der Waals surface area contributed by atoms with Crippen LogP contribution in [-0.4, -0.2) is 26.2 Å². The molecular weight excluding hydrogens is 395 g/mol. The Bertz CT molecular complexity index is 1150. The van der Waals surface area contributed by atoms with Crippen LogP contribution in [0.4, 0.5) is 23.7 Å². The molecule has 4 aromatic heterocycles. The first-order valence-electron chi connectivity index (χ1n) is 8.01. The molecule has 0 fully saturated rings. The van der Waals surface area contributed by atoms with Crippen molar-refractivity contribution in [1.29, 1.82) is 0 Å². The summed E-state index contributed by atoms with van der Waals surface area (Å²) in [4.78, 5) is 23.1. The van der Waals surface area contributed by atoms with Crippen LogP contribution in [0.15, 0.2) is 52.0 Å². The molecule has 148 valence electrons. The van der Waals surface area contributed by atoms with E-state index in [2.05, 4.69) is 29.9 Å². The summed E-state index contributed by atoms with van der Waals surface area (Å²) in [6, 6.07) is 4.47. The Hall–Kier alpha value is -3.96. The van der Waals surface area contributed by atoms with Crippen LogP contribution in [-0.2, 0) is 17.5 Å². The normalized spacial score (nSPS) is 11.6. The molecule has 4 aromatic rings. The Labute approximate surface area is 159 Å². The van der Waals surface area contributed by atoms with Crippen LogP contribution in [0, 0.1) is 0 Å². The van der Waals surface area contributed by atoms with E-state index >= 15 is 0 Å². The summed E-state index contributed by atoms with van der Waals surface area (Å²) >= 11 is 0. The number of carbonyl (C=O) groups is 1. The molecule has 0 saturated heterocycles. The van der Waals surface area contributed by atoms with Gasteiger partial charge in [0.1, 0.15) is 17.9 Å². The van der Waals surface area contributed by atoms with Gasteiger partial charge in [-0.25, -0.2) is 4.79 Å². The van der Waals surface area contributed by atoms with Gasteiger partial charge in [0.05, 0.1) is 23.7 Å². The molecule has 0 atom stereocenters. The third-order valence-corrected chi connectivity index (χ3v) is 3.70. The quantitative estimate of drug-likeness (QED) is 0.541. The summed E-state index contributed by atoms with van der Waals surface area (Å²) in [6.45, 7) is -0.0712. The molecule has 4 heterocycles. The molecule has 0 bridgehead atoms. The van der Waals surface area contributed by atoms with Gasteiger partial charge in [0.25, 0.3) is 0 Å². The maximum absolute atomic E-state index is 12.5. The van der Waals surface area contributed by atoms with Gasteiger partial charge in [-0.05, 0) is 18.2 Å². The van der Waals surface area contributed by atoms with Crippen LogP contribution in [0.5, 0.6) is 0 Å². The van der Waals surface area contributed by atoms with Gasteiger partial charge < -0.3 is 13.7 Å². The highest BCUT2D eigenvalue weighted by Crippen LogP contribution is 2.29. The van der Waals surface area contributed by atoms with Crippen molar-refractivity contribution in [2.24, 2.45) is 0 Å². The minimum absolute atomic E-state index is 0.0405. The lowest BCUT2D eigenvalue weighted by atomic mass is 10.2. The molecule has 0 spiro atoms. The van der Waals surface area contributed by atoms with E-state index in [0.29, 0.717) is 11.1 Å². The minimum Gasteiger partial charge on any atom is -0.464 e. The zero-order chi connectivity index (χ0) is 20.4. The van der Waals surface area contributed by atoms with Crippen LogP contribution < -0.4 is 5.32 Å². The van der Waals surface area contributed by atoms with E-state index in [0.717, 1.165) is 5.39 Å². The van der Waals surface area contributed by atoms with Gasteiger partial charge in [-0.3, -0.25) is 15.3 Å². The number of halogens is 3. The number of pyridine rings is 2. The number of amides is 1. The highest BCUT2D eigenvalue weighted by Gasteiger charge is 2.38. The number of alkyl halides is 3. The molecule has 0 aliphatic carbocycles. The summed E-state index contributed by atoms with van der Waals surface area (Å²) in [5.74, 6) is -1.80. The second kappa shape index (κ2) is 7.22. The third-order valence-electron chi connectivity index (χ3n) is 3.70. The number of anilines is 1. The van der Waals surface area contributed by atoms with Crippen molar-refractivity contribution in [1.82, 2.24) is 20.1 Å². The average molecular weight is 405 g/mol. The zero-order valence-electron chi connectivity index (χ0n) is 14.3. The van der Waals surface area contributed by atoms with Gasteiger partial charge in [-0.2, -0.15) is 18.2 Å². The Morgan fingerprint density at radius 3 is 2.76 bits per heavy atom. The highest BCUT2D eigenvalue weighted by atomic mass is 19.4. The van der Waals surface area contributed by atoms with Gasteiger partial charge in [0, 0.05) is 17.8 Å². The molecule has 4 rings (SSSR count). The fourth-order valence-electron chi connectivity index (χ4n) is 2.39. The van der Waals surface area contributed by atoms with Crippen LogP contribution in [0.25, 0.3) is 22.5 Å². The Kier molecular flexibility index (Phi) is 4.58. The fraction of sp³-hybridized carbons (Fsp3) is 0.118. The molecule has 0 aliphatic rings. The van der Waals surface area contributed by atoms with Gasteiger partial charge in [-0.1, -0.05) is 5.16 Å². The van der Waals surface area contributed by atoms with Gasteiger partial charge in [0.2, 0.25) is 5.82 Å². The molecule has 0 aromatic carbocycles. The third kappa shape index (κ3) is 4.00. The lowest BCUT2D eigenvalue weighted by molar-refractivity contribution is -0.159. The largest absolute Gasteiger partial charge is 0.471 e. The van der Waals surface area contributed by atoms with E-state index in [1.165, 1.54) is 30.8 Å². The predicted molar refractivity (Wildman–Crippen MR) is 90.3 cm³/mol. The summed E-state index contributed by atoms with van der Waals surface area (Å²) < 4.78 is 52.1. The van der Waals surface area contributed by atoms with E-state index < -0.39 is 18.2 Å². The van der Waals surface area contributed by atoms with Crippen molar-refractivity contribution in [2.45, 2.75) is 12.8 Å². The molecular formula is C17H10F3N5O4. The van der Waals surface area contributed by atoms with E-state index in [1.807, 2.05) is 0 Å².